The van der Waals surface area contributed by atoms with Crippen LogP contribution >= 0.6 is 0 Å². The molecular weight excluding hydrogens is 313 g/mol. The van der Waals surface area contributed by atoms with Crippen molar-refractivity contribution in [1.29, 1.82) is 0 Å². The molecule has 2 saturated heterocycles. The van der Waals surface area contributed by atoms with Gasteiger partial charge in [0, 0.05) is 31.6 Å². The molecule has 0 radical (unpaired) electrons. The molecule has 2 fully saturated rings. The second-order valence-corrected chi connectivity index (χ2v) is 7.13. The highest BCUT2D eigenvalue weighted by atomic mass is 19.1. The maximum absolute atomic E-state index is 13.8. The van der Waals surface area contributed by atoms with Gasteiger partial charge in [0.2, 0.25) is 0 Å². The highest BCUT2D eigenvalue weighted by molar-refractivity contribution is 5.34. The van der Waals surface area contributed by atoms with Crippen LogP contribution in [-0.4, -0.2) is 59.2 Å². The fourth-order valence-corrected chi connectivity index (χ4v) is 3.90. The molecule has 2 aliphatic rings. The van der Waals surface area contributed by atoms with Crippen molar-refractivity contribution in [1.82, 2.24) is 4.90 Å². The Morgan fingerprint density at radius 2 is 2.04 bits per heavy atom. The van der Waals surface area contributed by atoms with Crippen LogP contribution in [-0.2, 0) is 11.3 Å². The number of methoxy groups -OCH3 is 1. The summed E-state index contributed by atoms with van der Waals surface area (Å²) in [5.74, 6) is -0.0692. The molecule has 0 unspecified atom stereocenters. The topological polar surface area (TPSA) is 62.2 Å². The number of halogens is 1. The summed E-state index contributed by atoms with van der Waals surface area (Å²) in [4.78, 5) is 2.20. The first kappa shape index (κ1) is 17.6. The molecule has 0 saturated carbocycles. The molecule has 0 bridgehead atoms. The quantitative estimate of drug-likeness (QED) is 0.878. The molecule has 2 aliphatic heterocycles. The van der Waals surface area contributed by atoms with Gasteiger partial charge in [0.1, 0.15) is 6.10 Å². The lowest BCUT2D eigenvalue weighted by atomic mass is 9.75. The second-order valence-electron chi connectivity index (χ2n) is 7.13. The maximum atomic E-state index is 13.8. The maximum Gasteiger partial charge on any atom is 0.165 e. The number of likely N-dealkylation sites (tertiary alicyclic amines) is 1. The summed E-state index contributed by atoms with van der Waals surface area (Å²) in [6.07, 6.45) is 0.842. The number of aliphatic hydroxyl groups excluding tert-OH is 1. The van der Waals surface area contributed by atoms with Crippen LogP contribution in [0.3, 0.4) is 0 Å². The van der Waals surface area contributed by atoms with E-state index in [0.717, 1.165) is 5.56 Å². The normalized spacial score (nSPS) is 30.5. The van der Waals surface area contributed by atoms with E-state index < -0.39 is 17.3 Å². The predicted molar refractivity (Wildman–Crippen MR) is 87.4 cm³/mol. The van der Waals surface area contributed by atoms with Gasteiger partial charge in [0.15, 0.2) is 11.6 Å². The highest BCUT2D eigenvalue weighted by Crippen LogP contribution is 2.40. The summed E-state index contributed by atoms with van der Waals surface area (Å²) < 4.78 is 24.9. The number of nitrogens with zero attached hydrogens (tertiary/aromatic N) is 1. The summed E-state index contributed by atoms with van der Waals surface area (Å²) in [5, 5.41) is 20.9. The molecule has 24 heavy (non-hydrogen) atoms. The number of rotatable bonds is 3. The Kier molecular flexibility index (Phi) is 4.84. The first-order valence-electron chi connectivity index (χ1n) is 8.46. The van der Waals surface area contributed by atoms with Crippen LogP contribution in [0.25, 0.3) is 0 Å². The number of aliphatic hydroxyl groups is 2. The van der Waals surface area contributed by atoms with Crippen LogP contribution < -0.4 is 4.74 Å². The zero-order valence-electron chi connectivity index (χ0n) is 14.3. The number of hydrogen-bond acceptors (Lipinski definition) is 5. The van der Waals surface area contributed by atoms with E-state index in [4.69, 9.17) is 9.47 Å². The molecule has 1 aromatic carbocycles. The minimum Gasteiger partial charge on any atom is -0.493 e. The van der Waals surface area contributed by atoms with Crippen molar-refractivity contribution in [3.63, 3.8) is 0 Å². The molecule has 0 amide bonds. The number of hydrogen-bond donors (Lipinski definition) is 2. The summed E-state index contributed by atoms with van der Waals surface area (Å²) in [5.41, 5.74) is -0.971. The van der Waals surface area contributed by atoms with Crippen molar-refractivity contribution in [2.75, 3.05) is 26.8 Å². The number of ether oxygens (including phenoxy) is 2. The lowest BCUT2D eigenvalue weighted by molar-refractivity contribution is -0.246. The van der Waals surface area contributed by atoms with E-state index in [1.165, 1.54) is 13.2 Å². The van der Waals surface area contributed by atoms with Crippen LogP contribution in [0.2, 0.25) is 0 Å². The minimum atomic E-state index is -1.10. The summed E-state index contributed by atoms with van der Waals surface area (Å²) in [6, 6.07) is 4.94. The smallest absolute Gasteiger partial charge is 0.165 e. The molecule has 2 N–H and O–H groups in total. The van der Waals surface area contributed by atoms with Crippen LogP contribution in [0, 0.1) is 5.82 Å². The number of piperidine rings is 1. The van der Waals surface area contributed by atoms with E-state index in [0.29, 0.717) is 45.5 Å². The van der Waals surface area contributed by atoms with Crippen molar-refractivity contribution in [3.8, 4) is 5.75 Å². The first-order chi connectivity index (χ1) is 11.4. The van der Waals surface area contributed by atoms with Gasteiger partial charge in [-0.2, -0.15) is 0 Å². The minimum absolute atomic E-state index is 0.287. The molecule has 0 aliphatic carbocycles. The van der Waals surface area contributed by atoms with E-state index >= 15 is 0 Å². The number of para-hydroxylation sites is 1. The third-order valence-electron chi connectivity index (χ3n) is 5.43. The lowest BCUT2D eigenvalue weighted by Gasteiger charge is -2.51. The molecule has 3 rings (SSSR count). The van der Waals surface area contributed by atoms with E-state index in [2.05, 4.69) is 4.90 Å². The SMILES string of the molecule is COc1c(F)cccc1CN1CCC2(CC1)OCC[C@@](C)(O)[C@@H]2O. The van der Waals surface area contributed by atoms with Crippen LogP contribution in [0.1, 0.15) is 31.7 Å². The largest absolute Gasteiger partial charge is 0.493 e. The molecule has 2 atom stereocenters. The molecule has 134 valence electrons. The summed E-state index contributed by atoms with van der Waals surface area (Å²) in [6.45, 7) is 4.15. The van der Waals surface area contributed by atoms with Crippen molar-refractivity contribution in [2.24, 2.45) is 0 Å². The van der Waals surface area contributed by atoms with Crippen LogP contribution in [0.5, 0.6) is 5.75 Å². The Balaban J connectivity index is 1.67. The Morgan fingerprint density at radius 3 is 2.71 bits per heavy atom. The molecule has 0 aromatic heterocycles. The third kappa shape index (κ3) is 3.16. The fourth-order valence-electron chi connectivity index (χ4n) is 3.90. The molecule has 6 heteroatoms. The molecule has 2 heterocycles. The van der Waals surface area contributed by atoms with Gasteiger partial charge >= 0.3 is 0 Å². The van der Waals surface area contributed by atoms with E-state index in [1.54, 1.807) is 13.0 Å². The fraction of sp³-hybridized carbons (Fsp3) is 0.667. The van der Waals surface area contributed by atoms with Crippen molar-refractivity contribution in [2.45, 2.75) is 50.0 Å². The highest BCUT2D eigenvalue weighted by Gasteiger charge is 2.52. The van der Waals surface area contributed by atoms with Crippen LogP contribution in [0.15, 0.2) is 18.2 Å². The third-order valence-corrected chi connectivity index (χ3v) is 5.43. The van der Waals surface area contributed by atoms with Gasteiger partial charge in [-0.1, -0.05) is 12.1 Å². The van der Waals surface area contributed by atoms with Gasteiger partial charge in [-0.05, 0) is 25.8 Å². The van der Waals surface area contributed by atoms with Gasteiger partial charge in [0.25, 0.3) is 0 Å². The zero-order valence-corrected chi connectivity index (χ0v) is 14.3. The summed E-state index contributed by atoms with van der Waals surface area (Å²) >= 11 is 0. The number of benzene rings is 1. The Bertz CT molecular complexity index is 584. The van der Waals surface area contributed by atoms with Gasteiger partial charge in [-0.3, -0.25) is 4.90 Å². The van der Waals surface area contributed by atoms with Gasteiger partial charge in [-0.15, -0.1) is 0 Å². The van der Waals surface area contributed by atoms with Gasteiger partial charge in [0.05, 0.1) is 24.9 Å². The monoisotopic (exact) mass is 339 g/mol. The van der Waals surface area contributed by atoms with E-state index in [-0.39, 0.29) is 11.6 Å². The van der Waals surface area contributed by atoms with Gasteiger partial charge < -0.3 is 19.7 Å². The van der Waals surface area contributed by atoms with Crippen LogP contribution in [0.4, 0.5) is 4.39 Å². The predicted octanol–water partition coefficient (Wildman–Crippen LogP) is 1.70. The molecule has 5 nitrogen and oxygen atoms in total. The molecular formula is C18H26FNO4. The van der Waals surface area contributed by atoms with Crippen molar-refractivity contribution >= 4 is 0 Å². The van der Waals surface area contributed by atoms with Gasteiger partial charge in [-0.25, -0.2) is 4.39 Å². The Hall–Kier alpha value is -1.21. The Morgan fingerprint density at radius 1 is 1.33 bits per heavy atom. The standard InChI is InChI=1S/C18H26FNO4/c1-17(22)8-11-24-18(16(17)21)6-9-20(10-7-18)12-13-4-3-5-14(19)15(13)23-2/h3-5,16,21-22H,6-12H2,1-2H3/t16-,17+/m0/s1. The zero-order chi connectivity index (χ0) is 17.4. The second kappa shape index (κ2) is 6.59. The van der Waals surface area contributed by atoms with Crippen molar-refractivity contribution < 1.29 is 24.1 Å². The van der Waals surface area contributed by atoms with E-state index in [9.17, 15) is 14.6 Å². The Labute approximate surface area is 142 Å². The molecule has 1 aromatic rings. The summed E-state index contributed by atoms with van der Waals surface area (Å²) in [7, 11) is 1.47. The van der Waals surface area contributed by atoms with E-state index in [1.807, 2.05) is 6.07 Å². The lowest BCUT2D eigenvalue weighted by Crippen LogP contribution is -2.64. The van der Waals surface area contributed by atoms with Crippen molar-refractivity contribution in [3.05, 3.63) is 29.6 Å². The molecule has 1 spiro atoms. The first-order valence-corrected chi connectivity index (χ1v) is 8.46. The average Bonchev–Trinajstić information content (AvgIpc) is 2.55. The average molecular weight is 339 g/mol.